The SMILES string of the molecule is CC1(C)c2ccccc2-c2ccc(-n3c4ccccc4c4c5ccccc5c5cc(B6OC(C)(C)C(C)(C)O6)c6ccccc6c5c43)cc21. The Morgan fingerprint density at radius 1 is 0.490 bits per heavy atom. The number of rotatable bonds is 2. The Hall–Kier alpha value is -4.90. The van der Waals surface area contributed by atoms with E-state index in [2.05, 4.69) is 167 Å². The largest absolute Gasteiger partial charge is 0.495 e. The van der Waals surface area contributed by atoms with E-state index in [9.17, 15) is 0 Å². The molecule has 4 heteroatoms. The fraction of sp³-hybridized carbons (Fsp3) is 0.200. The first kappa shape index (κ1) is 29.1. The van der Waals surface area contributed by atoms with Crippen LogP contribution in [0.1, 0.15) is 52.7 Å². The lowest BCUT2D eigenvalue weighted by molar-refractivity contribution is 0.00578. The summed E-state index contributed by atoms with van der Waals surface area (Å²) in [7, 11) is -0.472. The van der Waals surface area contributed by atoms with Crippen molar-refractivity contribution in [3.63, 3.8) is 0 Å². The molecule has 49 heavy (non-hydrogen) atoms. The third-order valence-corrected chi connectivity index (χ3v) is 12.0. The van der Waals surface area contributed by atoms with Crippen LogP contribution in [0.5, 0.6) is 0 Å². The average Bonchev–Trinajstić information content (AvgIpc) is 3.65. The number of fused-ring (bicyclic) bond motifs is 13. The molecule has 1 aromatic heterocycles. The van der Waals surface area contributed by atoms with Gasteiger partial charge in [-0.25, -0.2) is 0 Å². The lowest BCUT2D eigenvalue weighted by Gasteiger charge is -2.32. The van der Waals surface area contributed by atoms with Crippen LogP contribution in [0, 0.1) is 0 Å². The normalized spacial score (nSPS) is 17.5. The summed E-state index contributed by atoms with van der Waals surface area (Å²) in [6.07, 6.45) is 0. The molecule has 0 saturated carbocycles. The molecule has 7 aromatic carbocycles. The van der Waals surface area contributed by atoms with Crippen LogP contribution in [0.15, 0.2) is 121 Å². The van der Waals surface area contributed by atoms with Crippen molar-refractivity contribution in [1.29, 1.82) is 0 Å². The van der Waals surface area contributed by atoms with Gasteiger partial charge in [-0.15, -0.1) is 0 Å². The predicted molar refractivity (Wildman–Crippen MR) is 207 cm³/mol. The first-order chi connectivity index (χ1) is 23.6. The highest BCUT2D eigenvalue weighted by Gasteiger charge is 2.52. The van der Waals surface area contributed by atoms with Crippen molar-refractivity contribution in [2.75, 3.05) is 0 Å². The van der Waals surface area contributed by atoms with Gasteiger partial charge in [-0.1, -0.05) is 117 Å². The second-order valence-corrected chi connectivity index (χ2v) is 15.5. The Labute approximate surface area is 287 Å². The molecule has 0 spiro atoms. The third-order valence-electron chi connectivity index (χ3n) is 12.0. The molecule has 10 rings (SSSR count). The molecule has 1 saturated heterocycles. The lowest BCUT2D eigenvalue weighted by atomic mass is 9.74. The first-order valence-corrected chi connectivity index (χ1v) is 17.5. The van der Waals surface area contributed by atoms with Crippen LogP contribution in [0.2, 0.25) is 0 Å². The highest BCUT2D eigenvalue weighted by molar-refractivity contribution is 6.66. The van der Waals surface area contributed by atoms with Gasteiger partial charge in [0.25, 0.3) is 0 Å². The van der Waals surface area contributed by atoms with Crippen molar-refractivity contribution in [3.05, 3.63) is 132 Å². The number of hydrogen-bond donors (Lipinski definition) is 0. The van der Waals surface area contributed by atoms with E-state index in [0.717, 1.165) is 10.8 Å². The van der Waals surface area contributed by atoms with Crippen LogP contribution in [-0.4, -0.2) is 22.9 Å². The molecular weight excluding hydrogens is 597 g/mol. The minimum atomic E-state index is -0.472. The monoisotopic (exact) mass is 635 g/mol. The van der Waals surface area contributed by atoms with Gasteiger partial charge >= 0.3 is 7.12 Å². The zero-order valence-electron chi connectivity index (χ0n) is 28.9. The zero-order chi connectivity index (χ0) is 33.4. The molecule has 8 aromatic rings. The molecule has 1 aliphatic carbocycles. The first-order valence-electron chi connectivity index (χ1n) is 17.5. The highest BCUT2D eigenvalue weighted by atomic mass is 16.7. The van der Waals surface area contributed by atoms with Crippen LogP contribution in [0.4, 0.5) is 0 Å². The predicted octanol–water partition coefficient (Wildman–Crippen LogP) is 10.8. The van der Waals surface area contributed by atoms with Crippen molar-refractivity contribution in [2.45, 2.75) is 58.2 Å². The minimum absolute atomic E-state index is 0.0973. The topological polar surface area (TPSA) is 23.4 Å². The van der Waals surface area contributed by atoms with Gasteiger partial charge < -0.3 is 13.9 Å². The second-order valence-electron chi connectivity index (χ2n) is 15.5. The van der Waals surface area contributed by atoms with Gasteiger partial charge in [-0.2, -0.15) is 0 Å². The summed E-state index contributed by atoms with van der Waals surface area (Å²) >= 11 is 0. The van der Waals surface area contributed by atoms with E-state index in [4.69, 9.17) is 9.31 Å². The fourth-order valence-electron chi connectivity index (χ4n) is 8.82. The molecule has 1 fully saturated rings. The van der Waals surface area contributed by atoms with E-state index in [1.165, 1.54) is 76.7 Å². The summed E-state index contributed by atoms with van der Waals surface area (Å²) in [5.41, 5.74) is 9.17. The summed E-state index contributed by atoms with van der Waals surface area (Å²) < 4.78 is 15.9. The minimum Gasteiger partial charge on any atom is -0.399 e. The number of nitrogens with zero attached hydrogens (tertiary/aromatic N) is 1. The molecule has 0 unspecified atom stereocenters. The van der Waals surface area contributed by atoms with Crippen LogP contribution in [0.3, 0.4) is 0 Å². The van der Waals surface area contributed by atoms with Crippen molar-refractivity contribution < 1.29 is 9.31 Å². The van der Waals surface area contributed by atoms with Crippen LogP contribution in [-0.2, 0) is 14.7 Å². The number of hydrogen-bond acceptors (Lipinski definition) is 2. The standard InChI is InChI=1S/C45H38BNO2/c1-43(2)36-21-13-11-16-29(36)30-24-23-27(25-37(30)43)47-39-22-14-12-20-34(39)40-32-18-9-7-15-28(32)35-26-38(46-48-44(3,4)45(5,6)49-46)31-17-8-10-19-33(31)41(35)42(40)47/h7-26H,1-6H3. The molecule has 3 nitrogen and oxygen atoms in total. The Morgan fingerprint density at radius 2 is 1.04 bits per heavy atom. The Morgan fingerprint density at radius 3 is 1.78 bits per heavy atom. The van der Waals surface area contributed by atoms with Crippen LogP contribution in [0.25, 0.3) is 70.9 Å². The van der Waals surface area contributed by atoms with Gasteiger partial charge in [0.2, 0.25) is 0 Å². The molecule has 0 amide bonds. The summed E-state index contributed by atoms with van der Waals surface area (Å²) in [6, 6.07) is 45.0. The fourth-order valence-corrected chi connectivity index (χ4v) is 8.82. The van der Waals surface area contributed by atoms with E-state index < -0.39 is 18.3 Å². The van der Waals surface area contributed by atoms with Crippen molar-refractivity contribution in [2.24, 2.45) is 0 Å². The summed E-state index contributed by atoms with van der Waals surface area (Å²) in [6.45, 7) is 13.2. The maximum atomic E-state index is 6.71. The number of para-hydroxylation sites is 1. The van der Waals surface area contributed by atoms with Gasteiger partial charge in [0.15, 0.2) is 0 Å². The molecule has 1 aliphatic heterocycles. The average molecular weight is 636 g/mol. The molecule has 0 bridgehead atoms. The quantitative estimate of drug-likeness (QED) is 0.139. The Balaban J connectivity index is 1.37. The maximum Gasteiger partial charge on any atom is 0.495 e. The number of aromatic nitrogens is 1. The van der Waals surface area contributed by atoms with Crippen LogP contribution < -0.4 is 5.46 Å². The van der Waals surface area contributed by atoms with Gasteiger partial charge in [0.05, 0.1) is 22.2 Å². The van der Waals surface area contributed by atoms with E-state index >= 15 is 0 Å². The van der Waals surface area contributed by atoms with Crippen LogP contribution >= 0.6 is 0 Å². The van der Waals surface area contributed by atoms with Gasteiger partial charge in [0, 0.05) is 27.3 Å². The van der Waals surface area contributed by atoms with E-state index in [1.807, 2.05) is 0 Å². The maximum absolute atomic E-state index is 6.71. The summed E-state index contributed by atoms with van der Waals surface area (Å²) in [5, 5.41) is 9.87. The third kappa shape index (κ3) is 3.76. The van der Waals surface area contributed by atoms with Gasteiger partial charge in [-0.05, 0) is 101 Å². The second kappa shape index (κ2) is 9.62. The van der Waals surface area contributed by atoms with Gasteiger partial charge in [-0.3, -0.25) is 0 Å². The molecule has 0 atom stereocenters. The molecule has 0 radical (unpaired) electrons. The summed E-state index contributed by atoms with van der Waals surface area (Å²) in [4.78, 5) is 0. The number of benzene rings is 7. The van der Waals surface area contributed by atoms with Crippen molar-refractivity contribution >= 4 is 66.7 Å². The molecule has 238 valence electrons. The smallest absolute Gasteiger partial charge is 0.399 e. The van der Waals surface area contributed by atoms with Crippen molar-refractivity contribution in [1.82, 2.24) is 4.57 Å². The summed E-state index contributed by atoms with van der Waals surface area (Å²) in [5.74, 6) is 0. The van der Waals surface area contributed by atoms with E-state index in [1.54, 1.807) is 0 Å². The molecular formula is C45H38BNO2. The molecule has 2 aliphatic rings. The molecule has 0 N–H and O–H groups in total. The van der Waals surface area contributed by atoms with E-state index in [0.29, 0.717) is 0 Å². The lowest BCUT2D eigenvalue weighted by Crippen LogP contribution is -2.41. The molecule has 2 heterocycles. The van der Waals surface area contributed by atoms with E-state index in [-0.39, 0.29) is 5.41 Å². The Kier molecular flexibility index (Phi) is 5.71. The van der Waals surface area contributed by atoms with Crippen molar-refractivity contribution in [3.8, 4) is 16.8 Å². The zero-order valence-corrected chi connectivity index (χ0v) is 28.9. The Bertz CT molecular complexity index is 2700. The highest BCUT2D eigenvalue weighted by Crippen LogP contribution is 2.50. The van der Waals surface area contributed by atoms with Gasteiger partial charge in [0.1, 0.15) is 0 Å².